The molecular formula is C19H22N4O. The van der Waals surface area contributed by atoms with Gasteiger partial charge in [-0.2, -0.15) is 0 Å². The fraction of sp³-hybridized carbons (Fsp3) is 0.368. The van der Waals surface area contributed by atoms with Crippen molar-refractivity contribution in [3.8, 4) is 0 Å². The Morgan fingerprint density at radius 2 is 2.08 bits per heavy atom. The highest BCUT2D eigenvalue weighted by Gasteiger charge is 2.21. The van der Waals surface area contributed by atoms with Crippen LogP contribution in [0.5, 0.6) is 0 Å². The number of nitrogens with zero attached hydrogens (tertiary/aromatic N) is 4. The van der Waals surface area contributed by atoms with Gasteiger partial charge in [0, 0.05) is 50.2 Å². The van der Waals surface area contributed by atoms with E-state index < -0.39 is 0 Å². The third-order valence-corrected chi connectivity index (χ3v) is 4.65. The van der Waals surface area contributed by atoms with Gasteiger partial charge in [-0.25, -0.2) is 9.97 Å². The number of anilines is 1. The van der Waals surface area contributed by atoms with Crippen molar-refractivity contribution in [2.75, 3.05) is 31.2 Å². The number of hydrogen-bond acceptors (Lipinski definition) is 4. The monoisotopic (exact) mass is 322 g/mol. The molecule has 0 saturated carbocycles. The van der Waals surface area contributed by atoms with Gasteiger partial charge in [-0.1, -0.05) is 6.07 Å². The molecule has 5 heteroatoms. The lowest BCUT2D eigenvalue weighted by Crippen LogP contribution is -2.32. The first-order valence-electron chi connectivity index (χ1n) is 8.43. The molecule has 3 heterocycles. The lowest BCUT2D eigenvalue weighted by Gasteiger charge is -2.23. The minimum Gasteiger partial charge on any atom is -0.379 e. The number of hydrogen-bond donors (Lipinski definition) is 0. The average molecular weight is 322 g/mol. The van der Waals surface area contributed by atoms with E-state index in [4.69, 9.17) is 4.74 Å². The largest absolute Gasteiger partial charge is 0.379 e. The van der Waals surface area contributed by atoms with Crippen LogP contribution >= 0.6 is 0 Å². The van der Waals surface area contributed by atoms with E-state index in [1.807, 2.05) is 6.07 Å². The normalized spacial score (nSPS) is 18.7. The lowest BCUT2D eigenvalue weighted by molar-refractivity contribution is 0.123. The van der Waals surface area contributed by atoms with E-state index in [9.17, 15) is 0 Å². The molecule has 4 rings (SSSR count). The Bertz CT molecular complexity index is 815. The van der Waals surface area contributed by atoms with Gasteiger partial charge in [0.25, 0.3) is 0 Å². The molecule has 0 radical (unpaired) electrons. The van der Waals surface area contributed by atoms with Crippen LogP contribution in [0.2, 0.25) is 0 Å². The van der Waals surface area contributed by atoms with Gasteiger partial charge in [0.1, 0.15) is 0 Å². The quantitative estimate of drug-likeness (QED) is 0.743. The van der Waals surface area contributed by atoms with Crippen molar-refractivity contribution in [2.45, 2.75) is 6.42 Å². The number of rotatable bonds is 3. The highest BCUT2D eigenvalue weighted by molar-refractivity contribution is 5.80. The molecular weight excluding hydrogens is 300 g/mol. The van der Waals surface area contributed by atoms with Crippen molar-refractivity contribution in [3.05, 3.63) is 54.5 Å². The van der Waals surface area contributed by atoms with Gasteiger partial charge in [-0.05, 0) is 41.6 Å². The van der Waals surface area contributed by atoms with Gasteiger partial charge < -0.3 is 14.2 Å². The summed E-state index contributed by atoms with van der Waals surface area (Å²) in [5, 5.41) is 1.30. The first-order valence-corrected chi connectivity index (χ1v) is 8.43. The van der Waals surface area contributed by atoms with Crippen molar-refractivity contribution in [1.29, 1.82) is 0 Å². The second kappa shape index (κ2) is 6.61. The van der Waals surface area contributed by atoms with Gasteiger partial charge in [0.05, 0.1) is 13.2 Å². The molecule has 1 fully saturated rings. The predicted octanol–water partition coefficient (Wildman–Crippen LogP) is 2.66. The molecule has 2 aromatic heterocycles. The number of aromatic nitrogens is 3. The maximum Gasteiger partial charge on any atom is 0.225 e. The molecule has 124 valence electrons. The smallest absolute Gasteiger partial charge is 0.225 e. The van der Waals surface area contributed by atoms with Gasteiger partial charge >= 0.3 is 0 Å². The third-order valence-electron chi connectivity index (χ3n) is 4.65. The third kappa shape index (κ3) is 3.12. The molecule has 24 heavy (non-hydrogen) atoms. The molecule has 0 aliphatic carbocycles. The zero-order valence-corrected chi connectivity index (χ0v) is 13.9. The number of aryl methyl sites for hydroxylation is 1. The molecule has 0 spiro atoms. The van der Waals surface area contributed by atoms with E-state index in [1.165, 1.54) is 16.5 Å². The van der Waals surface area contributed by atoms with E-state index >= 15 is 0 Å². The van der Waals surface area contributed by atoms with E-state index in [-0.39, 0.29) is 0 Å². The first kappa shape index (κ1) is 15.1. The summed E-state index contributed by atoms with van der Waals surface area (Å²) in [7, 11) is 2.08. The Morgan fingerprint density at radius 3 is 2.96 bits per heavy atom. The van der Waals surface area contributed by atoms with Crippen molar-refractivity contribution < 1.29 is 4.74 Å². The van der Waals surface area contributed by atoms with E-state index in [2.05, 4.69) is 56.9 Å². The van der Waals surface area contributed by atoms with E-state index in [0.717, 1.165) is 38.7 Å². The predicted molar refractivity (Wildman–Crippen MR) is 95.2 cm³/mol. The molecule has 0 amide bonds. The summed E-state index contributed by atoms with van der Waals surface area (Å²) in [5.41, 5.74) is 2.63. The van der Waals surface area contributed by atoms with Crippen LogP contribution in [0.4, 0.5) is 5.95 Å². The van der Waals surface area contributed by atoms with Crippen LogP contribution < -0.4 is 4.90 Å². The van der Waals surface area contributed by atoms with Crippen LogP contribution in [-0.2, 0) is 18.2 Å². The van der Waals surface area contributed by atoms with Crippen LogP contribution in [-0.4, -0.2) is 40.8 Å². The molecule has 1 saturated heterocycles. The Hall–Kier alpha value is -2.40. The highest BCUT2D eigenvalue weighted by Crippen LogP contribution is 2.21. The van der Waals surface area contributed by atoms with E-state index in [0.29, 0.717) is 5.92 Å². The van der Waals surface area contributed by atoms with Crippen LogP contribution in [0.25, 0.3) is 10.9 Å². The minimum atomic E-state index is 0.442. The molecule has 0 bridgehead atoms. The maximum absolute atomic E-state index is 5.82. The number of ether oxygens (including phenoxy) is 1. The zero-order valence-electron chi connectivity index (χ0n) is 13.9. The summed E-state index contributed by atoms with van der Waals surface area (Å²) in [4.78, 5) is 11.0. The summed E-state index contributed by atoms with van der Waals surface area (Å²) >= 11 is 0. The summed E-state index contributed by atoms with van der Waals surface area (Å²) in [6, 6.07) is 10.8. The molecule has 5 nitrogen and oxygen atoms in total. The Kier molecular flexibility index (Phi) is 4.17. The molecule has 1 aromatic carbocycles. The topological polar surface area (TPSA) is 43.2 Å². The minimum absolute atomic E-state index is 0.442. The van der Waals surface area contributed by atoms with Crippen LogP contribution in [0.3, 0.4) is 0 Å². The summed E-state index contributed by atoms with van der Waals surface area (Å²) in [6.07, 6.45) is 6.71. The highest BCUT2D eigenvalue weighted by atomic mass is 16.5. The molecule has 3 aromatic rings. The maximum atomic E-state index is 5.82. The van der Waals surface area contributed by atoms with Crippen molar-refractivity contribution in [1.82, 2.24) is 14.5 Å². The second-order valence-corrected chi connectivity index (χ2v) is 6.46. The van der Waals surface area contributed by atoms with Gasteiger partial charge in [-0.3, -0.25) is 0 Å². The van der Waals surface area contributed by atoms with Crippen LogP contribution in [0.1, 0.15) is 5.56 Å². The van der Waals surface area contributed by atoms with Crippen molar-refractivity contribution >= 4 is 16.9 Å². The van der Waals surface area contributed by atoms with Gasteiger partial charge in [0.2, 0.25) is 5.95 Å². The van der Waals surface area contributed by atoms with Crippen molar-refractivity contribution in [3.63, 3.8) is 0 Å². The molecule has 1 atom stereocenters. The van der Waals surface area contributed by atoms with Crippen LogP contribution in [0, 0.1) is 5.92 Å². The summed E-state index contributed by atoms with van der Waals surface area (Å²) in [6.45, 7) is 3.29. The molecule has 0 unspecified atom stereocenters. The van der Waals surface area contributed by atoms with E-state index in [1.54, 1.807) is 12.4 Å². The first-order chi connectivity index (χ1) is 11.8. The van der Waals surface area contributed by atoms with Crippen molar-refractivity contribution in [2.24, 2.45) is 13.0 Å². The lowest BCUT2D eigenvalue weighted by atomic mass is 9.98. The standard InChI is InChI=1S/C19H22N4O/c1-22-8-5-17-12-15(3-4-18(17)22)11-16-13-23(9-10-24-14-16)19-20-6-2-7-21-19/h2-8,12,16H,9-11,13-14H2,1H3/t16-/m1/s1. The summed E-state index contributed by atoms with van der Waals surface area (Å²) in [5.74, 6) is 1.24. The number of benzene rings is 1. The zero-order chi connectivity index (χ0) is 16.4. The average Bonchev–Trinajstić information content (AvgIpc) is 2.83. The number of fused-ring (bicyclic) bond motifs is 1. The SMILES string of the molecule is Cn1ccc2cc(C[C@H]3COCCN(c4ncccn4)C3)ccc21. The molecule has 0 N–H and O–H groups in total. The second-order valence-electron chi connectivity index (χ2n) is 6.46. The Morgan fingerprint density at radius 1 is 1.21 bits per heavy atom. The molecule has 1 aliphatic heterocycles. The van der Waals surface area contributed by atoms with Gasteiger partial charge in [-0.15, -0.1) is 0 Å². The fourth-order valence-electron chi connectivity index (χ4n) is 3.43. The van der Waals surface area contributed by atoms with Gasteiger partial charge in [0.15, 0.2) is 0 Å². The molecule has 1 aliphatic rings. The Labute approximate surface area is 141 Å². The van der Waals surface area contributed by atoms with Crippen LogP contribution in [0.15, 0.2) is 48.9 Å². The summed E-state index contributed by atoms with van der Waals surface area (Å²) < 4.78 is 7.98. The Balaban J connectivity index is 1.51. The fourth-order valence-corrected chi connectivity index (χ4v) is 3.43.